The molecule has 1 atom stereocenters. The largest absolute Gasteiger partial charge is 0.494 e. The minimum atomic E-state index is 0.311. The maximum absolute atomic E-state index is 5.56. The molecule has 0 spiro atoms. The van der Waals surface area contributed by atoms with Crippen molar-refractivity contribution in [3.05, 3.63) is 50.6 Å². The second-order valence-corrected chi connectivity index (χ2v) is 6.80. The second-order valence-electron chi connectivity index (χ2n) is 4.26. The van der Waals surface area contributed by atoms with Gasteiger partial charge in [-0.05, 0) is 59.7 Å². The first-order chi connectivity index (χ1) is 9.22. The molecule has 1 aromatic carbocycles. The summed E-state index contributed by atoms with van der Waals surface area (Å²) in [7, 11) is 2.00. The van der Waals surface area contributed by atoms with Gasteiger partial charge in [0.2, 0.25) is 0 Å². The summed E-state index contributed by atoms with van der Waals surface area (Å²) in [6.07, 6.45) is 0.988. The zero-order chi connectivity index (χ0) is 13.7. The first-order valence-corrected chi connectivity index (χ1v) is 7.98. The van der Waals surface area contributed by atoms with Gasteiger partial charge in [0, 0.05) is 17.3 Å². The van der Waals surface area contributed by atoms with E-state index in [4.69, 9.17) is 4.74 Å². The predicted octanol–water partition coefficient (Wildman–Crippen LogP) is 4.41. The highest BCUT2D eigenvalue weighted by Gasteiger charge is 2.12. The third kappa shape index (κ3) is 4.06. The maximum atomic E-state index is 5.56. The van der Waals surface area contributed by atoms with E-state index in [9.17, 15) is 0 Å². The molecule has 0 aliphatic carbocycles. The fraction of sp³-hybridized carbons (Fsp3) is 0.333. The number of hydrogen-bond acceptors (Lipinski definition) is 3. The number of nitrogens with one attached hydrogen (secondary N) is 1. The fourth-order valence-corrected chi connectivity index (χ4v) is 3.57. The predicted molar refractivity (Wildman–Crippen MR) is 85.1 cm³/mol. The third-order valence-corrected chi connectivity index (χ3v) is 4.60. The molecule has 1 unspecified atom stereocenters. The molecular formula is C15H18BrNOS. The number of hydrogen-bond donors (Lipinski definition) is 1. The number of thiophene rings is 1. The van der Waals surface area contributed by atoms with Crippen LogP contribution in [0.25, 0.3) is 0 Å². The van der Waals surface area contributed by atoms with Gasteiger partial charge in [0.05, 0.1) is 10.4 Å². The maximum Gasteiger partial charge on any atom is 0.119 e. The van der Waals surface area contributed by atoms with Crippen LogP contribution in [0, 0.1) is 0 Å². The molecule has 2 nitrogen and oxygen atoms in total. The minimum absolute atomic E-state index is 0.311. The van der Waals surface area contributed by atoms with Gasteiger partial charge in [-0.3, -0.25) is 0 Å². The highest BCUT2D eigenvalue weighted by atomic mass is 79.9. The quantitative estimate of drug-likeness (QED) is 0.841. The van der Waals surface area contributed by atoms with Crippen LogP contribution in [-0.2, 0) is 6.42 Å². The van der Waals surface area contributed by atoms with E-state index < -0.39 is 0 Å². The van der Waals surface area contributed by atoms with Crippen LogP contribution in [0.15, 0.2) is 40.2 Å². The molecule has 1 N–H and O–H groups in total. The molecule has 19 heavy (non-hydrogen) atoms. The molecule has 4 heteroatoms. The molecular weight excluding hydrogens is 322 g/mol. The highest BCUT2D eigenvalue weighted by molar-refractivity contribution is 9.11. The number of ether oxygens (including phenoxy) is 1. The standard InChI is InChI=1S/C15H18BrNOS/c1-3-18-12-6-4-5-11(9-12)14(17-2)10-13-7-8-15(16)19-13/h4-9,14,17H,3,10H2,1-2H3. The minimum Gasteiger partial charge on any atom is -0.494 e. The van der Waals surface area contributed by atoms with Gasteiger partial charge >= 0.3 is 0 Å². The summed E-state index contributed by atoms with van der Waals surface area (Å²) >= 11 is 5.30. The Hall–Kier alpha value is -0.840. The molecule has 1 aromatic heterocycles. The molecule has 102 valence electrons. The lowest BCUT2D eigenvalue weighted by Gasteiger charge is -2.16. The van der Waals surface area contributed by atoms with E-state index in [1.54, 1.807) is 11.3 Å². The molecule has 0 saturated heterocycles. The number of rotatable bonds is 6. The van der Waals surface area contributed by atoms with E-state index in [0.717, 1.165) is 12.2 Å². The van der Waals surface area contributed by atoms with Crippen LogP contribution < -0.4 is 10.1 Å². The van der Waals surface area contributed by atoms with E-state index in [0.29, 0.717) is 12.6 Å². The molecule has 2 rings (SSSR count). The number of benzene rings is 1. The average Bonchev–Trinajstić information content (AvgIpc) is 2.82. The van der Waals surface area contributed by atoms with Crippen LogP contribution in [0.3, 0.4) is 0 Å². The van der Waals surface area contributed by atoms with Crippen LogP contribution in [0.1, 0.15) is 23.4 Å². The monoisotopic (exact) mass is 339 g/mol. The van der Waals surface area contributed by atoms with Crippen LogP contribution in [0.5, 0.6) is 5.75 Å². The Bertz CT molecular complexity index is 526. The van der Waals surface area contributed by atoms with Gasteiger partial charge < -0.3 is 10.1 Å². The number of halogens is 1. The Morgan fingerprint density at radius 1 is 1.32 bits per heavy atom. The fourth-order valence-electron chi connectivity index (χ4n) is 2.04. The van der Waals surface area contributed by atoms with E-state index in [2.05, 4.69) is 51.6 Å². The summed E-state index contributed by atoms with van der Waals surface area (Å²) in [4.78, 5) is 1.37. The molecule has 2 aromatic rings. The van der Waals surface area contributed by atoms with Crippen molar-refractivity contribution in [3.63, 3.8) is 0 Å². The molecule has 0 radical (unpaired) electrons. The Kier molecular flexibility index (Phi) is 5.43. The smallest absolute Gasteiger partial charge is 0.119 e. The number of likely N-dealkylation sites (N-methyl/N-ethyl adjacent to an activating group) is 1. The van der Waals surface area contributed by atoms with E-state index >= 15 is 0 Å². The van der Waals surface area contributed by atoms with Gasteiger partial charge in [-0.1, -0.05) is 12.1 Å². The zero-order valence-corrected chi connectivity index (χ0v) is 13.6. The first kappa shape index (κ1) is 14.6. The summed E-state index contributed by atoms with van der Waals surface area (Å²) in [6.45, 7) is 2.71. The van der Waals surface area contributed by atoms with Crippen molar-refractivity contribution in [2.45, 2.75) is 19.4 Å². The Morgan fingerprint density at radius 3 is 2.79 bits per heavy atom. The van der Waals surface area contributed by atoms with Gasteiger partial charge in [-0.25, -0.2) is 0 Å². The molecule has 0 aliphatic heterocycles. The van der Waals surface area contributed by atoms with E-state index in [1.165, 1.54) is 14.2 Å². The summed E-state index contributed by atoms with van der Waals surface area (Å²) in [5, 5.41) is 3.38. The van der Waals surface area contributed by atoms with Crippen molar-refractivity contribution in [2.75, 3.05) is 13.7 Å². The van der Waals surface area contributed by atoms with Gasteiger partial charge in [-0.2, -0.15) is 0 Å². The van der Waals surface area contributed by atoms with Crippen molar-refractivity contribution in [3.8, 4) is 5.75 Å². The first-order valence-electron chi connectivity index (χ1n) is 6.37. The van der Waals surface area contributed by atoms with Gasteiger partial charge in [-0.15, -0.1) is 11.3 Å². The summed E-state index contributed by atoms with van der Waals surface area (Å²) in [5.41, 5.74) is 1.26. The molecule has 0 amide bonds. The lowest BCUT2D eigenvalue weighted by molar-refractivity contribution is 0.339. The van der Waals surface area contributed by atoms with Crippen LogP contribution in [-0.4, -0.2) is 13.7 Å². The van der Waals surface area contributed by atoms with Gasteiger partial charge in [0.25, 0.3) is 0 Å². The Balaban J connectivity index is 2.14. The van der Waals surface area contributed by atoms with Crippen molar-refractivity contribution >= 4 is 27.3 Å². The molecule has 0 bridgehead atoms. The molecule has 1 heterocycles. The Morgan fingerprint density at radius 2 is 2.16 bits per heavy atom. The van der Waals surface area contributed by atoms with Gasteiger partial charge in [0.1, 0.15) is 5.75 Å². The Labute approximate surface area is 126 Å². The lowest BCUT2D eigenvalue weighted by atomic mass is 10.0. The molecule has 0 saturated carbocycles. The SMILES string of the molecule is CCOc1cccc(C(Cc2ccc(Br)s2)NC)c1. The summed E-state index contributed by atoms with van der Waals surface area (Å²) < 4.78 is 6.74. The molecule has 0 aliphatic rings. The third-order valence-electron chi connectivity index (χ3n) is 2.95. The van der Waals surface area contributed by atoms with Gasteiger partial charge in [0.15, 0.2) is 0 Å². The van der Waals surface area contributed by atoms with Crippen LogP contribution in [0.2, 0.25) is 0 Å². The highest BCUT2D eigenvalue weighted by Crippen LogP contribution is 2.28. The van der Waals surface area contributed by atoms with Crippen molar-refractivity contribution in [2.24, 2.45) is 0 Å². The summed E-state index contributed by atoms with van der Waals surface area (Å²) in [6, 6.07) is 12.9. The van der Waals surface area contributed by atoms with Crippen molar-refractivity contribution in [1.82, 2.24) is 5.32 Å². The second kappa shape index (κ2) is 7.08. The van der Waals surface area contributed by atoms with Crippen molar-refractivity contribution in [1.29, 1.82) is 0 Å². The van der Waals surface area contributed by atoms with Crippen molar-refractivity contribution < 1.29 is 4.74 Å². The lowest BCUT2D eigenvalue weighted by Crippen LogP contribution is -2.18. The molecule has 0 fully saturated rings. The van der Waals surface area contributed by atoms with Crippen LogP contribution in [0.4, 0.5) is 0 Å². The van der Waals surface area contributed by atoms with E-state index in [-0.39, 0.29) is 0 Å². The van der Waals surface area contributed by atoms with Crippen LogP contribution >= 0.6 is 27.3 Å². The average molecular weight is 340 g/mol. The van der Waals surface area contributed by atoms with E-state index in [1.807, 2.05) is 20.0 Å². The zero-order valence-electron chi connectivity index (χ0n) is 11.2. The topological polar surface area (TPSA) is 21.3 Å². The summed E-state index contributed by atoms with van der Waals surface area (Å²) in [5.74, 6) is 0.938. The normalized spacial score (nSPS) is 12.4.